The molecule has 0 radical (unpaired) electrons. The van der Waals surface area contributed by atoms with Crippen LogP contribution in [0.15, 0.2) is 18.2 Å². The molecule has 0 aromatic heterocycles. The summed E-state index contributed by atoms with van der Waals surface area (Å²) in [6, 6.07) is 5.33. The molecule has 1 aliphatic rings. The highest BCUT2D eigenvalue weighted by molar-refractivity contribution is 5.85. The number of nitrogens with zero attached hydrogens (tertiary/aromatic N) is 1. The monoisotopic (exact) mass is 300 g/mol. The number of carbonyl (C=O) groups excluding carboxylic acids is 1. The van der Waals surface area contributed by atoms with E-state index in [1.807, 2.05) is 6.07 Å². The second-order valence-corrected chi connectivity index (χ2v) is 4.82. The van der Waals surface area contributed by atoms with Gasteiger partial charge in [0.25, 0.3) is 0 Å². The van der Waals surface area contributed by atoms with Crippen LogP contribution in [0.4, 0.5) is 0 Å². The Morgan fingerprint density at radius 1 is 1.50 bits per heavy atom. The van der Waals surface area contributed by atoms with Crippen LogP contribution >= 0.6 is 12.4 Å². The second kappa shape index (κ2) is 7.47. The van der Waals surface area contributed by atoms with Crippen molar-refractivity contribution in [3.8, 4) is 5.75 Å². The Bertz CT molecular complexity index is 464. The zero-order valence-corrected chi connectivity index (χ0v) is 12.4. The molecule has 1 atom stereocenters. The van der Waals surface area contributed by atoms with Gasteiger partial charge >= 0.3 is 0 Å². The van der Waals surface area contributed by atoms with Crippen LogP contribution in [0.1, 0.15) is 17.5 Å². The summed E-state index contributed by atoms with van der Waals surface area (Å²) >= 11 is 0. The van der Waals surface area contributed by atoms with Crippen molar-refractivity contribution in [3.05, 3.63) is 29.3 Å². The van der Waals surface area contributed by atoms with Gasteiger partial charge < -0.3 is 20.5 Å². The van der Waals surface area contributed by atoms with Crippen LogP contribution in [0, 0.1) is 0 Å². The average molecular weight is 301 g/mol. The minimum Gasteiger partial charge on any atom is -0.508 e. The van der Waals surface area contributed by atoms with Gasteiger partial charge in [0.2, 0.25) is 5.91 Å². The molecule has 1 aromatic rings. The summed E-state index contributed by atoms with van der Waals surface area (Å²) in [4.78, 5) is 13.9. The summed E-state index contributed by atoms with van der Waals surface area (Å²) in [5, 5.41) is 9.49. The van der Waals surface area contributed by atoms with Crippen LogP contribution in [0.2, 0.25) is 0 Å². The first-order valence-corrected chi connectivity index (χ1v) is 6.45. The second-order valence-electron chi connectivity index (χ2n) is 4.82. The Labute approximate surface area is 125 Å². The Kier molecular flexibility index (Phi) is 6.26. The van der Waals surface area contributed by atoms with Gasteiger partial charge in [-0.25, -0.2) is 0 Å². The van der Waals surface area contributed by atoms with Crippen LogP contribution in [0.3, 0.4) is 0 Å². The van der Waals surface area contributed by atoms with E-state index in [4.69, 9.17) is 10.5 Å². The van der Waals surface area contributed by atoms with E-state index in [0.717, 1.165) is 12.0 Å². The molecule has 20 heavy (non-hydrogen) atoms. The first-order valence-electron chi connectivity index (χ1n) is 6.45. The summed E-state index contributed by atoms with van der Waals surface area (Å²) in [5.74, 6) is 0.288. The predicted octanol–water partition coefficient (Wildman–Crippen LogP) is 1.06. The minimum atomic E-state index is -0.224. The van der Waals surface area contributed by atoms with Gasteiger partial charge in [-0.3, -0.25) is 4.79 Å². The molecule has 0 spiro atoms. The highest BCUT2D eigenvalue weighted by Crippen LogP contribution is 2.23. The number of aromatic hydroxyl groups is 1. The maximum atomic E-state index is 12.1. The number of methoxy groups -OCH3 is 1. The quantitative estimate of drug-likeness (QED) is 0.872. The van der Waals surface area contributed by atoms with Gasteiger partial charge in [0, 0.05) is 26.7 Å². The molecule has 0 aliphatic carbocycles. The predicted molar refractivity (Wildman–Crippen MR) is 78.9 cm³/mol. The topological polar surface area (TPSA) is 75.8 Å². The summed E-state index contributed by atoms with van der Waals surface area (Å²) in [7, 11) is 1.56. The third-order valence-electron chi connectivity index (χ3n) is 3.55. The number of phenols is 1. The summed E-state index contributed by atoms with van der Waals surface area (Å²) < 4.78 is 5.14. The van der Waals surface area contributed by atoms with Crippen molar-refractivity contribution in [2.75, 3.05) is 20.2 Å². The van der Waals surface area contributed by atoms with Gasteiger partial charge in [-0.05, 0) is 29.7 Å². The van der Waals surface area contributed by atoms with Crippen molar-refractivity contribution < 1.29 is 14.6 Å². The molecule has 0 saturated carbocycles. The van der Waals surface area contributed by atoms with Gasteiger partial charge in [0.1, 0.15) is 5.75 Å². The Morgan fingerprint density at radius 2 is 2.25 bits per heavy atom. The first-order chi connectivity index (χ1) is 9.13. The van der Waals surface area contributed by atoms with E-state index in [2.05, 4.69) is 0 Å². The molecule has 6 heteroatoms. The van der Waals surface area contributed by atoms with Crippen molar-refractivity contribution in [1.82, 2.24) is 4.90 Å². The lowest BCUT2D eigenvalue weighted by Gasteiger charge is -2.30. The van der Waals surface area contributed by atoms with Gasteiger partial charge in [-0.2, -0.15) is 0 Å². The van der Waals surface area contributed by atoms with Gasteiger partial charge in [-0.1, -0.05) is 6.07 Å². The molecule has 112 valence electrons. The van der Waals surface area contributed by atoms with E-state index in [9.17, 15) is 9.90 Å². The standard InChI is InChI=1S/C14H20N2O3.ClH/c1-19-13(8-15)7-14(18)16-5-4-10-2-3-12(17)6-11(10)9-16;/h2-3,6,13,17H,4-5,7-9,15H2,1H3;1H. The van der Waals surface area contributed by atoms with Crippen LogP contribution < -0.4 is 5.73 Å². The number of amides is 1. The zero-order valence-electron chi connectivity index (χ0n) is 11.5. The lowest BCUT2D eigenvalue weighted by atomic mass is 9.99. The van der Waals surface area contributed by atoms with Gasteiger partial charge in [-0.15, -0.1) is 12.4 Å². The normalized spacial score (nSPS) is 15.2. The molecule has 0 bridgehead atoms. The molecule has 2 rings (SSSR count). The van der Waals surface area contributed by atoms with Crippen molar-refractivity contribution >= 4 is 18.3 Å². The lowest BCUT2D eigenvalue weighted by molar-refractivity contribution is -0.134. The number of fused-ring (bicyclic) bond motifs is 1. The van der Waals surface area contributed by atoms with E-state index in [1.165, 1.54) is 5.56 Å². The number of carbonyl (C=O) groups is 1. The number of benzene rings is 1. The molecule has 1 aromatic carbocycles. The number of ether oxygens (including phenoxy) is 1. The molecule has 1 heterocycles. The fourth-order valence-electron chi connectivity index (χ4n) is 2.34. The Hall–Kier alpha value is -1.30. The molecule has 0 fully saturated rings. The highest BCUT2D eigenvalue weighted by atomic mass is 35.5. The molecule has 5 nitrogen and oxygen atoms in total. The fourth-order valence-corrected chi connectivity index (χ4v) is 2.34. The number of hydrogen-bond donors (Lipinski definition) is 2. The highest BCUT2D eigenvalue weighted by Gasteiger charge is 2.23. The zero-order chi connectivity index (χ0) is 13.8. The van der Waals surface area contributed by atoms with Crippen molar-refractivity contribution in [2.24, 2.45) is 5.73 Å². The van der Waals surface area contributed by atoms with Gasteiger partial charge in [0.05, 0.1) is 12.5 Å². The third-order valence-corrected chi connectivity index (χ3v) is 3.55. The van der Waals surface area contributed by atoms with Crippen molar-refractivity contribution in [3.63, 3.8) is 0 Å². The van der Waals surface area contributed by atoms with Crippen molar-refractivity contribution in [2.45, 2.75) is 25.5 Å². The van der Waals surface area contributed by atoms with Gasteiger partial charge in [0.15, 0.2) is 0 Å². The summed E-state index contributed by atoms with van der Waals surface area (Å²) in [5.41, 5.74) is 7.74. The number of rotatable bonds is 4. The minimum absolute atomic E-state index is 0. The molecular weight excluding hydrogens is 280 g/mol. The lowest BCUT2D eigenvalue weighted by Crippen LogP contribution is -2.39. The summed E-state index contributed by atoms with van der Waals surface area (Å²) in [6.45, 7) is 1.59. The van der Waals surface area contributed by atoms with E-state index in [-0.39, 0.29) is 30.2 Å². The van der Waals surface area contributed by atoms with Crippen LogP contribution in [0.25, 0.3) is 0 Å². The molecule has 1 aliphatic heterocycles. The Morgan fingerprint density at radius 3 is 2.90 bits per heavy atom. The average Bonchev–Trinajstić information content (AvgIpc) is 2.43. The van der Waals surface area contributed by atoms with Crippen LogP contribution in [-0.4, -0.2) is 42.2 Å². The molecule has 1 unspecified atom stereocenters. The number of nitrogens with two attached hydrogens (primary N) is 1. The molecule has 0 saturated heterocycles. The number of halogens is 1. The van der Waals surface area contributed by atoms with E-state index in [0.29, 0.717) is 26.1 Å². The number of hydrogen-bond acceptors (Lipinski definition) is 4. The summed E-state index contributed by atoms with van der Waals surface area (Å²) in [6.07, 6.45) is 0.904. The third kappa shape index (κ3) is 3.85. The largest absolute Gasteiger partial charge is 0.508 e. The van der Waals surface area contributed by atoms with E-state index >= 15 is 0 Å². The number of phenolic OH excluding ortho intramolecular Hbond substituents is 1. The molecular formula is C14H21ClN2O3. The first kappa shape index (κ1) is 16.8. The van der Waals surface area contributed by atoms with Crippen LogP contribution in [0.5, 0.6) is 5.75 Å². The maximum absolute atomic E-state index is 12.1. The van der Waals surface area contributed by atoms with E-state index in [1.54, 1.807) is 24.1 Å². The molecule has 1 amide bonds. The smallest absolute Gasteiger partial charge is 0.225 e. The maximum Gasteiger partial charge on any atom is 0.225 e. The Balaban J connectivity index is 0.00000200. The SMILES string of the molecule is COC(CN)CC(=O)N1CCc2ccc(O)cc2C1.Cl. The molecule has 3 N–H and O–H groups in total. The fraction of sp³-hybridized carbons (Fsp3) is 0.500. The van der Waals surface area contributed by atoms with E-state index < -0.39 is 0 Å². The van der Waals surface area contributed by atoms with Crippen molar-refractivity contribution in [1.29, 1.82) is 0 Å². The van der Waals surface area contributed by atoms with Crippen LogP contribution in [-0.2, 0) is 22.5 Å².